The van der Waals surface area contributed by atoms with Crippen molar-refractivity contribution in [3.63, 3.8) is 0 Å². The minimum Gasteiger partial charge on any atom is -0.324 e. The molecule has 0 radical (unpaired) electrons. The molecule has 0 fully saturated rings. The lowest BCUT2D eigenvalue weighted by molar-refractivity contribution is 0.278. The Kier molecular flexibility index (Phi) is 15.8. The van der Waals surface area contributed by atoms with Crippen LogP contribution < -0.4 is 5.73 Å². The van der Waals surface area contributed by atoms with E-state index in [1.807, 2.05) is 0 Å². The lowest BCUT2D eigenvalue weighted by Gasteiger charge is -2.46. The van der Waals surface area contributed by atoms with Gasteiger partial charge < -0.3 is 5.73 Å². The monoisotopic (exact) mass is 529 g/mol. The zero-order chi connectivity index (χ0) is 23.8. The summed E-state index contributed by atoms with van der Waals surface area (Å²) in [7, 11) is 0. The first-order valence-electron chi connectivity index (χ1n) is 13.9. The van der Waals surface area contributed by atoms with Crippen LogP contribution >= 0.6 is 17.0 Å². The van der Waals surface area contributed by atoms with Crippen LogP contribution in [0, 0.1) is 0 Å². The van der Waals surface area contributed by atoms with Crippen molar-refractivity contribution in [1.82, 2.24) is 0 Å². The average molecular weight is 531 g/mol. The first-order valence-corrected chi connectivity index (χ1v) is 13.9. The summed E-state index contributed by atoms with van der Waals surface area (Å²) in [4.78, 5) is 0. The van der Waals surface area contributed by atoms with Crippen LogP contribution in [0.15, 0.2) is 60.7 Å². The van der Waals surface area contributed by atoms with E-state index in [1.165, 1.54) is 101 Å². The molecule has 0 aliphatic heterocycles. The Labute approximate surface area is 222 Å². The number of hydrogen-bond donors (Lipinski definition) is 1. The maximum atomic E-state index is 6.93. The molecule has 34 heavy (non-hydrogen) atoms. The molecule has 0 aromatic heterocycles. The molecule has 0 aliphatic carbocycles. The predicted molar refractivity (Wildman–Crippen MR) is 157 cm³/mol. The normalized spacial score (nSPS) is 11.9. The van der Waals surface area contributed by atoms with Gasteiger partial charge in [0.1, 0.15) is 0 Å². The van der Waals surface area contributed by atoms with Gasteiger partial charge in [-0.05, 0) is 31.4 Å². The van der Waals surface area contributed by atoms with E-state index in [-0.39, 0.29) is 27.9 Å². The smallest absolute Gasteiger partial charge is 0.0376 e. The molecule has 192 valence electrons. The van der Waals surface area contributed by atoms with E-state index < -0.39 is 0 Å². The van der Waals surface area contributed by atoms with Gasteiger partial charge in [0.25, 0.3) is 0 Å². The van der Waals surface area contributed by atoms with Gasteiger partial charge in [0.15, 0.2) is 0 Å². The molecular weight excluding hydrogens is 478 g/mol. The number of nitrogens with two attached hydrogens (primary N) is 1. The molecule has 0 unspecified atom stereocenters. The topological polar surface area (TPSA) is 26.0 Å². The molecule has 2 aromatic rings. The van der Waals surface area contributed by atoms with Crippen LogP contribution in [0.25, 0.3) is 0 Å². The molecule has 0 saturated heterocycles. The van der Waals surface area contributed by atoms with E-state index in [0.29, 0.717) is 0 Å². The van der Waals surface area contributed by atoms with Crippen LogP contribution in [0.1, 0.15) is 128 Å². The number of hydrogen-bond acceptors (Lipinski definition) is 1. The Balaban J connectivity index is 0.00000578. The highest BCUT2D eigenvalue weighted by Gasteiger charge is 2.44. The first kappa shape index (κ1) is 30.9. The van der Waals surface area contributed by atoms with Gasteiger partial charge in [-0.1, -0.05) is 157 Å². The van der Waals surface area contributed by atoms with E-state index in [1.54, 1.807) is 0 Å². The summed E-state index contributed by atoms with van der Waals surface area (Å²) in [6, 6.07) is 21.9. The standard InChI is InChI=1S/C32H51N.BrH/c1-4-5-6-7-8-9-10-11-12-13-14-15-16-23-28-32(31(2,3)33,29-24-19-17-20-25-29)30-26-21-18-22-27-30;/h17-22,24-27H,4-16,23,28,33H2,1-3H3;1H. The van der Waals surface area contributed by atoms with Crippen molar-refractivity contribution in [3.8, 4) is 0 Å². The second-order valence-corrected chi connectivity index (χ2v) is 10.7. The van der Waals surface area contributed by atoms with E-state index in [9.17, 15) is 0 Å². The minimum atomic E-state index is -0.341. The molecule has 0 atom stereocenters. The maximum absolute atomic E-state index is 6.93. The van der Waals surface area contributed by atoms with Crippen LogP contribution in [-0.4, -0.2) is 5.54 Å². The first-order chi connectivity index (χ1) is 16.0. The number of halogens is 1. The van der Waals surface area contributed by atoms with Gasteiger partial charge in [-0.3, -0.25) is 0 Å². The highest BCUT2D eigenvalue weighted by atomic mass is 79.9. The quantitative estimate of drug-likeness (QED) is 0.191. The Morgan fingerprint density at radius 3 is 1.18 bits per heavy atom. The van der Waals surface area contributed by atoms with E-state index in [0.717, 1.165) is 6.42 Å². The van der Waals surface area contributed by atoms with Gasteiger partial charge in [-0.25, -0.2) is 0 Å². The summed E-state index contributed by atoms with van der Waals surface area (Å²) in [5.74, 6) is 0. The predicted octanol–water partition coefficient (Wildman–Crippen LogP) is 10.2. The van der Waals surface area contributed by atoms with Crippen molar-refractivity contribution in [3.05, 3.63) is 71.8 Å². The van der Waals surface area contributed by atoms with Gasteiger partial charge in [-0.15, -0.1) is 17.0 Å². The molecule has 0 heterocycles. The van der Waals surface area contributed by atoms with Crippen molar-refractivity contribution < 1.29 is 0 Å². The molecular formula is C32H52BrN. The zero-order valence-electron chi connectivity index (χ0n) is 22.4. The second-order valence-electron chi connectivity index (χ2n) is 10.7. The van der Waals surface area contributed by atoms with Gasteiger partial charge in [0.2, 0.25) is 0 Å². The van der Waals surface area contributed by atoms with Crippen molar-refractivity contribution in [2.45, 2.75) is 128 Å². The highest BCUT2D eigenvalue weighted by molar-refractivity contribution is 8.93. The lowest BCUT2D eigenvalue weighted by atomic mass is 9.60. The maximum Gasteiger partial charge on any atom is 0.0376 e. The fraction of sp³-hybridized carbons (Fsp3) is 0.625. The summed E-state index contributed by atoms with van der Waals surface area (Å²) < 4.78 is 0. The summed E-state index contributed by atoms with van der Waals surface area (Å²) in [6.45, 7) is 6.70. The van der Waals surface area contributed by atoms with Gasteiger partial charge in [-0.2, -0.15) is 0 Å². The second kappa shape index (κ2) is 17.3. The summed E-state index contributed by atoms with van der Waals surface area (Å²) in [5.41, 5.74) is 9.12. The van der Waals surface area contributed by atoms with Gasteiger partial charge >= 0.3 is 0 Å². The van der Waals surface area contributed by atoms with Crippen molar-refractivity contribution in [1.29, 1.82) is 0 Å². The lowest BCUT2D eigenvalue weighted by Crippen LogP contribution is -2.54. The molecule has 0 aliphatic rings. The number of rotatable bonds is 18. The van der Waals surface area contributed by atoms with Crippen molar-refractivity contribution in [2.75, 3.05) is 0 Å². The third kappa shape index (κ3) is 9.86. The Morgan fingerprint density at radius 1 is 0.529 bits per heavy atom. The molecule has 1 nitrogen and oxygen atoms in total. The van der Waals surface area contributed by atoms with Crippen molar-refractivity contribution in [2.24, 2.45) is 5.73 Å². The molecule has 2 aromatic carbocycles. The molecule has 0 saturated carbocycles. The SMILES string of the molecule is Br.CCCCCCCCCCCCCCCCC(c1ccccc1)(c1ccccc1)C(C)(C)N. The van der Waals surface area contributed by atoms with Gasteiger partial charge in [0, 0.05) is 11.0 Å². The van der Waals surface area contributed by atoms with E-state index in [2.05, 4.69) is 81.4 Å². The van der Waals surface area contributed by atoms with Crippen LogP contribution in [0.2, 0.25) is 0 Å². The number of unbranched alkanes of at least 4 members (excludes halogenated alkanes) is 13. The van der Waals surface area contributed by atoms with Crippen LogP contribution in [0.4, 0.5) is 0 Å². The zero-order valence-corrected chi connectivity index (χ0v) is 24.1. The fourth-order valence-corrected chi connectivity index (χ4v) is 5.55. The minimum absolute atomic E-state index is 0. The molecule has 0 bridgehead atoms. The van der Waals surface area contributed by atoms with E-state index in [4.69, 9.17) is 5.73 Å². The van der Waals surface area contributed by atoms with Crippen LogP contribution in [0.3, 0.4) is 0 Å². The molecule has 2 heteroatoms. The average Bonchev–Trinajstić information content (AvgIpc) is 2.82. The molecule has 2 rings (SSSR count). The number of benzene rings is 2. The molecule has 0 amide bonds. The Hall–Kier alpha value is -1.12. The largest absolute Gasteiger partial charge is 0.324 e. The molecule has 0 spiro atoms. The van der Waals surface area contributed by atoms with Crippen LogP contribution in [-0.2, 0) is 5.41 Å². The summed E-state index contributed by atoms with van der Waals surface area (Å²) >= 11 is 0. The van der Waals surface area contributed by atoms with Crippen molar-refractivity contribution >= 4 is 17.0 Å². The third-order valence-electron chi connectivity index (χ3n) is 7.54. The molecule has 2 N–H and O–H groups in total. The summed E-state index contributed by atoms with van der Waals surface area (Å²) in [6.07, 6.45) is 20.6. The highest BCUT2D eigenvalue weighted by Crippen LogP contribution is 2.44. The third-order valence-corrected chi connectivity index (χ3v) is 7.54. The van der Waals surface area contributed by atoms with Crippen LogP contribution in [0.5, 0.6) is 0 Å². The van der Waals surface area contributed by atoms with E-state index >= 15 is 0 Å². The summed E-state index contributed by atoms with van der Waals surface area (Å²) in [5, 5.41) is 0. The fourth-order valence-electron chi connectivity index (χ4n) is 5.55. The van der Waals surface area contributed by atoms with Gasteiger partial charge in [0.05, 0.1) is 0 Å². The Bertz CT molecular complexity index is 680. The Morgan fingerprint density at radius 2 is 0.853 bits per heavy atom.